The molecule has 0 saturated carbocycles. The van der Waals surface area contributed by atoms with Gasteiger partial charge in [0.1, 0.15) is 11.5 Å². The van der Waals surface area contributed by atoms with E-state index in [0.29, 0.717) is 18.3 Å². The van der Waals surface area contributed by atoms with Gasteiger partial charge in [0.05, 0.1) is 31.7 Å². The minimum Gasteiger partial charge on any atom is -0.495 e. The topological polar surface area (TPSA) is 46.9 Å². The third kappa shape index (κ3) is 4.46. The fraction of sp³-hybridized carbons (Fsp3) is 0.353. The van der Waals surface area contributed by atoms with Crippen LogP contribution < -0.4 is 10.1 Å². The normalized spacial score (nSPS) is 11.8. The van der Waals surface area contributed by atoms with E-state index in [-0.39, 0.29) is 6.04 Å². The number of para-hydroxylation sites is 2. The lowest BCUT2D eigenvalue weighted by Crippen LogP contribution is -2.39. The molecule has 0 unspecified atom stereocenters. The zero-order chi connectivity index (χ0) is 16.7. The minimum absolute atomic E-state index is 0.00476. The lowest BCUT2D eigenvalue weighted by molar-refractivity contribution is 0.160. The minimum atomic E-state index is -0.00476. The van der Waals surface area contributed by atoms with Crippen molar-refractivity contribution in [2.45, 2.75) is 13.0 Å². The molecule has 0 fully saturated rings. The van der Waals surface area contributed by atoms with Crippen LogP contribution in [0.25, 0.3) is 0 Å². The van der Waals surface area contributed by atoms with E-state index in [9.17, 15) is 0 Å². The number of hydrogen-bond donors (Lipinski definition) is 1. The maximum absolute atomic E-state index is 5.59. The van der Waals surface area contributed by atoms with Crippen LogP contribution >= 0.6 is 12.2 Å². The molecule has 0 aliphatic heterocycles. The fourth-order valence-corrected chi connectivity index (χ4v) is 2.64. The molecule has 124 valence electrons. The van der Waals surface area contributed by atoms with Crippen LogP contribution in [0.15, 0.2) is 47.1 Å². The van der Waals surface area contributed by atoms with Gasteiger partial charge in [0.25, 0.3) is 0 Å². The maximum atomic E-state index is 5.59. The largest absolute Gasteiger partial charge is 0.495 e. The van der Waals surface area contributed by atoms with E-state index in [1.165, 1.54) is 0 Å². The molecular weight excluding hydrogens is 312 g/mol. The van der Waals surface area contributed by atoms with Crippen LogP contribution in [0.4, 0.5) is 5.69 Å². The summed E-state index contributed by atoms with van der Waals surface area (Å²) in [5, 5.41) is 3.84. The van der Waals surface area contributed by atoms with Crippen molar-refractivity contribution in [3.63, 3.8) is 0 Å². The van der Waals surface area contributed by atoms with Crippen LogP contribution in [-0.4, -0.2) is 37.4 Å². The number of benzene rings is 1. The van der Waals surface area contributed by atoms with Crippen LogP contribution in [0, 0.1) is 0 Å². The quantitative estimate of drug-likeness (QED) is 0.779. The van der Waals surface area contributed by atoms with Crippen LogP contribution in [0.3, 0.4) is 0 Å². The van der Waals surface area contributed by atoms with Gasteiger partial charge in [-0.25, -0.2) is 0 Å². The first kappa shape index (κ1) is 17.3. The lowest BCUT2D eigenvalue weighted by atomic mass is 10.2. The Balaban J connectivity index is 2.16. The Hall–Kier alpha value is -2.05. The SMILES string of the molecule is COCCN(C(=S)Nc1ccccc1OC)[C@H](C)c1ccco1. The second kappa shape index (κ2) is 8.55. The third-order valence-electron chi connectivity index (χ3n) is 3.57. The van der Waals surface area contributed by atoms with E-state index in [2.05, 4.69) is 5.32 Å². The molecule has 1 aromatic heterocycles. The highest BCUT2D eigenvalue weighted by atomic mass is 32.1. The number of anilines is 1. The molecule has 0 spiro atoms. The molecule has 6 heteroatoms. The summed E-state index contributed by atoms with van der Waals surface area (Å²) in [5.41, 5.74) is 0.828. The molecule has 2 aromatic rings. The van der Waals surface area contributed by atoms with Crippen molar-refractivity contribution in [2.24, 2.45) is 0 Å². The summed E-state index contributed by atoms with van der Waals surface area (Å²) in [6.07, 6.45) is 1.66. The second-order valence-electron chi connectivity index (χ2n) is 5.01. The smallest absolute Gasteiger partial charge is 0.174 e. The molecule has 1 atom stereocenters. The van der Waals surface area contributed by atoms with Gasteiger partial charge in [-0.15, -0.1) is 0 Å². The van der Waals surface area contributed by atoms with Gasteiger partial charge in [-0.3, -0.25) is 0 Å². The fourth-order valence-electron chi connectivity index (χ4n) is 2.28. The molecule has 1 heterocycles. The Morgan fingerprint density at radius 3 is 2.70 bits per heavy atom. The Morgan fingerprint density at radius 1 is 1.26 bits per heavy atom. The molecule has 0 saturated heterocycles. The number of furan rings is 1. The highest BCUT2D eigenvalue weighted by Gasteiger charge is 2.21. The Labute approximate surface area is 142 Å². The molecule has 0 aliphatic rings. The third-order valence-corrected chi connectivity index (χ3v) is 3.90. The van der Waals surface area contributed by atoms with E-state index in [1.54, 1.807) is 20.5 Å². The number of rotatable bonds is 7. The lowest BCUT2D eigenvalue weighted by Gasteiger charge is -2.30. The predicted octanol–water partition coefficient (Wildman–Crippen LogP) is 3.69. The zero-order valence-electron chi connectivity index (χ0n) is 13.6. The Morgan fingerprint density at radius 2 is 2.04 bits per heavy atom. The zero-order valence-corrected chi connectivity index (χ0v) is 14.4. The summed E-state index contributed by atoms with van der Waals surface area (Å²) >= 11 is 5.59. The molecular formula is C17H22N2O3S. The molecule has 0 bridgehead atoms. The maximum Gasteiger partial charge on any atom is 0.174 e. The standard InChI is InChI=1S/C17H22N2O3S/c1-13(15-9-6-11-22-15)19(10-12-20-2)17(23)18-14-7-4-5-8-16(14)21-3/h4-9,11,13H,10,12H2,1-3H3,(H,18,23)/t13-/m1/s1. The van der Waals surface area contributed by atoms with Gasteiger partial charge >= 0.3 is 0 Å². The molecule has 1 aromatic carbocycles. The van der Waals surface area contributed by atoms with Crippen molar-refractivity contribution in [2.75, 3.05) is 32.7 Å². The summed E-state index contributed by atoms with van der Waals surface area (Å²) in [6, 6.07) is 11.5. The van der Waals surface area contributed by atoms with Gasteiger partial charge in [-0.1, -0.05) is 12.1 Å². The van der Waals surface area contributed by atoms with Crippen molar-refractivity contribution in [1.82, 2.24) is 4.90 Å². The Bertz CT molecular complexity index is 616. The monoisotopic (exact) mass is 334 g/mol. The highest BCUT2D eigenvalue weighted by molar-refractivity contribution is 7.80. The van der Waals surface area contributed by atoms with Crippen LogP contribution in [-0.2, 0) is 4.74 Å². The van der Waals surface area contributed by atoms with Gasteiger partial charge in [0.2, 0.25) is 0 Å². The van der Waals surface area contributed by atoms with Crippen LogP contribution in [0.5, 0.6) is 5.75 Å². The van der Waals surface area contributed by atoms with Crippen molar-refractivity contribution < 1.29 is 13.9 Å². The van der Waals surface area contributed by atoms with E-state index in [4.69, 9.17) is 26.1 Å². The summed E-state index contributed by atoms with van der Waals surface area (Å²) in [5.74, 6) is 1.59. The summed E-state index contributed by atoms with van der Waals surface area (Å²) in [6.45, 7) is 3.27. The number of hydrogen-bond acceptors (Lipinski definition) is 4. The molecule has 1 N–H and O–H groups in total. The van der Waals surface area contributed by atoms with Gasteiger partial charge in [0.15, 0.2) is 5.11 Å². The van der Waals surface area contributed by atoms with Crippen LogP contribution in [0.1, 0.15) is 18.7 Å². The number of ether oxygens (including phenoxy) is 2. The highest BCUT2D eigenvalue weighted by Crippen LogP contribution is 2.26. The van der Waals surface area contributed by atoms with Gasteiger partial charge in [-0.05, 0) is 43.4 Å². The van der Waals surface area contributed by atoms with Crippen molar-refractivity contribution >= 4 is 23.0 Å². The van der Waals surface area contributed by atoms with Gasteiger partial charge in [-0.2, -0.15) is 0 Å². The number of thiocarbonyl (C=S) groups is 1. The Kier molecular flexibility index (Phi) is 6.43. The summed E-state index contributed by atoms with van der Waals surface area (Å²) in [4.78, 5) is 2.03. The predicted molar refractivity (Wildman–Crippen MR) is 94.9 cm³/mol. The van der Waals surface area contributed by atoms with E-state index >= 15 is 0 Å². The average Bonchev–Trinajstić information content (AvgIpc) is 3.10. The number of nitrogens with zero attached hydrogens (tertiary/aromatic N) is 1. The van der Waals surface area contributed by atoms with Crippen molar-refractivity contribution in [1.29, 1.82) is 0 Å². The van der Waals surface area contributed by atoms with Crippen LogP contribution in [0.2, 0.25) is 0 Å². The molecule has 0 radical (unpaired) electrons. The second-order valence-corrected chi connectivity index (χ2v) is 5.39. The van der Waals surface area contributed by atoms with Crippen molar-refractivity contribution in [3.05, 3.63) is 48.4 Å². The van der Waals surface area contributed by atoms with E-state index in [1.807, 2.05) is 48.2 Å². The first-order valence-corrected chi connectivity index (χ1v) is 7.81. The first-order chi connectivity index (χ1) is 11.2. The first-order valence-electron chi connectivity index (χ1n) is 7.40. The average molecular weight is 334 g/mol. The van der Waals surface area contributed by atoms with Gasteiger partial charge < -0.3 is 24.1 Å². The molecule has 2 rings (SSSR count). The summed E-state index contributed by atoms with van der Waals surface area (Å²) < 4.78 is 16.1. The molecule has 0 amide bonds. The molecule has 5 nitrogen and oxygen atoms in total. The van der Waals surface area contributed by atoms with E-state index < -0.39 is 0 Å². The number of methoxy groups -OCH3 is 2. The summed E-state index contributed by atoms with van der Waals surface area (Å²) in [7, 11) is 3.31. The van der Waals surface area contributed by atoms with Crippen molar-refractivity contribution in [3.8, 4) is 5.75 Å². The van der Waals surface area contributed by atoms with Gasteiger partial charge in [0, 0.05) is 13.7 Å². The molecule has 23 heavy (non-hydrogen) atoms. The number of nitrogens with one attached hydrogen (secondary N) is 1. The van der Waals surface area contributed by atoms with E-state index in [0.717, 1.165) is 17.2 Å². The molecule has 0 aliphatic carbocycles.